The van der Waals surface area contributed by atoms with Crippen LogP contribution >= 0.6 is 35.4 Å². The lowest BCUT2D eigenvalue weighted by atomic mass is 10.1. The molecule has 3 N–H and O–H groups in total. The Balaban J connectivity index is 2.33. The van der Waals surface area contributed by atoms with Gasteiger partial charge in [-0.2, -0.15) is 0 Å². The second kappa shape index (κ2) is 6.43. The molecule has 0 aliphatic heterocycles. The Morgan fingerprint density at radius 2 is 1.90 bits per heavy atom. The summed E-state index contributed by atoms with van der Waals surface area (Å²) in [5.41, 5.74) is 8.01. The van der Waals surface area contributed by atoms with E-state index in [-0.39, 0.29) is 10.9 Å². The predicted octanol–water partition coefficient (Wildman–Crippen LogP) is 4.19. The van der Waals surface area contributed by atoms with E-state index in [2.05, 4.69) is 5.32 Å². The lowest BCUT2D eigenvalue weighted by Crippen LogP contribution is -2.17. The van der Waals surface area contributed by atoms with Crippen LogP contribution in [-0.4, -0.2) is 10.9 Å². The van der Waals surface area contributed by atoms with Crippen molar-refractivity contribution in [3.63, 3.8) is 0 Å². The van der Waals surface area contributed by atoms with Crippen LogP contribution in [0.2, 0.25) is 10.0 Å². The fourth-order valence-corrected chi connectivity index (χ4v) is 2.29. The number of carbonyl (C=O) groups is 1. The fraction of sp³-hybridized carbons (Fsp3) is 0.0667. The Labute approximate surface area is 138 Å². The van der Waals surface area contributed by atoms with Gasteiger partial charge in [0.25, 0.3) is 5.91 Å². The van der Waals surface area contributed by atoms with Gasteiger partial charge in [0.05, 0.1) is 5.69 Å². The monoisotopic (exact) mass is 338 g/mol. The number of hydrogen-bond donors (Lipinski definition) is 2. The molecule has 6 heteroatoms. The normalized spacial score (nSPS) is 10.2. The summed E-state index contributed by atoms with van der Waals surface area (Å²) in [5, 5.41) is 3.76. The summed E-state index contributed by atoms with van der Waals surface area (Å²) in [4.78, 5) is 12.5. The minimum atomic E-state index is -0.309. The average molecular weight is 339 g/mol. The molecular weight excluding hydrogens is 327 g/mol. The van der Waals surface area contributed by atoms with Crippen molar-refractivity contribution in [2.75, 3.05) is 5.32 Å². The van der Waals surface area contributed by atoms with Crippen LogP contribution in [0.5, 0.6) is 0 Å². The second-order valence-corrected chi connectivity index (χ2v) is 5.76. The fourth-order valence-electron chi connectivity index (χ4n) is 1.76. The Bertz CT molecular complexity index is 732. The van der Waals surface area contributed by atoms with E-state index in [0.29, 0.717) is 26.9 Å². The Morgan fingerprint density at radius 3 is 2.52 bits per heavy atom. The maximum absolute atomic E-state index is 12.3. The molecule has 0 saturated heterocycles. The zero-order chi connectivity index (χ0) is 15.6. The van der Waals surface area contributed by atoms with Gasteiger partial charge in [0, 0.05) is 21.2 Å². The third kappa shape index (κ3) is 3.73. The summed E-state index contributed by atoms with van der Waals surface area (Å²) in [6, 6.07) is 10.0. The molecule has 3 nitrogen and oxygen atoms in total. The van der Waals surface area contributed by atoms with Crippen molar-refractivity contribution in [1.29, 1.82) is 0 Å². The van der Waals surface area contributed by atoms with E-state index in [1.807, 2.05) is 6.92 Å². The first-order chi connectivity index (χ1) is 9.88. The maximum atomic E-state index is 12.3. The van der Waals surface area contributed by atoms with Crippen LogP contribution in [0, 0.1) is 6.92 Å². The second-order valence-electron chi connectivity index (χ2n) is 4.47. The Morgan fingerprint density at radius 1 is 1.19 bits per heavy atom. The molecule has 0 heterocycles. The molecule has 0 aliphatic carbocycles. The summed E-state index contributed by atoms with van der Waals surface area (Å²) in [5.74, 6) is -0.309. The number of aryl methyl sites for hydroxylation is 1. The van der Waals surface area contributed by atoms with E-state index >= 15 is 0 Å². The highest BCUT2D eigenvalue weighted by molar-refractivity contribution is 7.80. The molecule has 1 amide bonds. The van der Waals surface area contributed by atoms with Gasteiger partial charge in [0.1, 0.15) is 4.99 Å². The van der Waals surface area contributed by atoms with Gasteiger partial charge in [-0.15, -0.1) is 0 Å². The number of anilines is 1. The molecule has 0 aromatic heterocycles. The number of halogens is 2. The highest BCUT2D eigenvalue weighted by atomic mass is 35.5. The standard InChI is InChI=1S/C15H12Cl2N2OS/c1-8-2-3-9(6-12(8)17)15(20)19-13-7-10(16)4-5-11(13)14(18)21/h2-7H,1H3,(H2,18,21)(H,19,20). The average Bonchev–Trinajstić information content (AvgIpc) is 2.41. The first kappa shape index (κ1) is 15.8. The summed E-state index contributed by atoms with van der Waals surface area (Å²) in [7, 11) is 0. The summed E-state index contributed by atoms with van der Waals surface area (Å²) < 4.78 is 0. The summed E-state index contributed by atoms with van der Waals surface area (Å²) in [6.07, 6.45) is 0. The maximum Gasteiger partial charge on any atom is 0.255 e. The first-order valence-electron chi connectivity index (χ1n) is 6.05. The number of nitrogens with two attached hydrogens (primary N) is 1. The minimum Gasteiger partial charge on any atom is -0.389 e. The van der Waals surface area contributed by atoms with E-state index in [0.717, 1.165) is 5.56 Å². The van der Waals surface area contributed by atoms with Crippen LogP contribution in [0.4, 0.5) is 5.69 Å². The molecule has 0 unspecified atom stereocenters. The quantitative estimate of drug-likeness (QED) is 0.825. The van der Waals surface area contributed by atoms with E-state index in [1.54, 1.807) is 36.4 Å². The molecule has 2 rings (SSSR count). The lowest BCUT2D eigenvalue weighted by Gasteiger charge is -2.11. The molecule has 108 valence electrons. The van der Waals surface area contributed by atoms with E-state index in [1.165, 1.54) is 0 Å². The van der Waals surface area contributed by atoms with E-state index in [9.17, 15) is 4.79 Å². The van der Waals surface area contributed by atoms with Gasteiger partial charge in [0.15, 0.2) is 0 Å². The highest BCUT2D eigenvalue weighted by Crippen LogP contribution is 2.23. The van der Waals surface area contributed by atoms with Crippen LogP contribution in [0.25, 0.3) is 0 Å². The Hall–Kier alpha value is -1.62. The van der Waals surface area contributed by atoms with Crippen LogP contribution in [-0.2, 0) is 0 Å². The summed E-state index contributed by atoms with van der Waals surface area (Å²) >= 11 is 16.9. The molecule has 0 radical (unpaired) electrons. The van der Waals surface area contributed by atoms with Gasteiger partial charge < -0.3 is 11.1 Å². The van der Waals surface area contributed by atoms with Crippen molar-refractivity contribution in [3.8, 4) is 0 Å². The molecule has 0 bridgehead atoms. The number of nitrogens with one attached hydrogen (secondary N) is 1. The van der Waals surface area contributed by atoms with Crippen molar-refractivity contribution < 1.29 is 4.79 Å². The van der Waals surface area contributed by atoms with Crippen molar-refractivity contribution in [2.24, 2.45) is 5.73 Å². The SMILES string of the molecule is Cc1ccc(C(=O)Nc2cc(Cl)ccc2C(N)=S)cc1Cl. The molecule has 0 fully saturated rings. The predicted molar refractivity (Wildman–Crippen MR) is 91.5 cm³/mol. The van der Waals surface area contributed by atoms with Crippen LogP contribution in [0.15, 0.2) is 36.4 Å². The largest absolute Gasteiger partial charge is 0.389 e. The summed E-state index contributed by atoms with van der Waals surface area (Å²) in [6.45, 7) is 1.87. The van der Waals surface area contributed by atoms with Crippen molar-refractivity contribution in [2.45, 2.75) is 6.92 Å². The zero-order valence-corrected chi connectivity index (χ0v) is 13.4. The number of rotatable bonds is 3. The van der Waals surface area contributed by atoms with Gasteiger partial charge in [-0.25, -0.2) is 0 Å². The lowest BCUT2D eigenvalue weighted by molar-refractivity contribution is 0.102. The van der Waals surface area contributed by atoms with Crippen molar-refractivity contribution in [3.05, 3.63) is 63.1 Å². The first-order valence-corrected chi connectivity index (χ1v) is 7.22. The number of hydrogen-bond acceptors (Lipinski definition) is 2. The zero-order valence-electron chi connectivity index (χ0n) is 11.1. The van der Waals surface area contributed by atoms with E-state index < -0.39 is 0 Å². The number of carbonyl (C=O) groups excluding carboxylic acids is 1. The van der Waals surface area contributed by atoms with Gasteiger partial charge >= 0.3 is 0 Å². The van der Waals surface area contributed by atoms with Gasteiger partial charge in [-0.1, -0.05) is 41.5 Å². The third-order valence-electron chi connectivity index (χ3n) is 2.93. The van der Waals surface area contributed by atoms with Crippen LogP contribution < -0.4 is 11.1 Å². The number of amides is 1. The van der Waals surface area contributed by atoms with Gasteiger partial charge in [-0.3, -0.25) is 4.79 Å². The van der Waals surface area contributed by atoms with Gasteiger partial charge in [-0.05, 0) is 42.8 Å². The molecular formula is C15H12Cl2N2OS. The number of thiocarbonyl (C=S) groups is 1. The van der Waals surface area contributed by atoms with Crippen molar-refractivity contribution >= 4 is 52.0 Å². The molecule has 0 saturated carbocycles. The molecule has 0 aliphatic rings. The van der Waals surface area contributed by atoms with Crippen LogP contribution in [0.1, 0.15) is 21.5 Å². The number of benzene rings is 2. The molecule has 2 aromatic carbocycles. The molecule has 2 aromatic rings. The van der Waals surface area contributed by atoms with Crippen LogP contribution in [0.3, 0.4) is 0 Å². The molecule has 21 heavy (non-hydrogen) atoms. The third-order valence-corrected chi connectivity index (χ3v) is 3.79. The van der Waals surface area contributed by atoms with Crippen molar-refractivity contribution in [1.82, 2.24) is 0 Å². The highest BCUT2D eigenvalue weighted by Gasteiger charge is 2.12. The molecule has 0 atom stereocenters. The Kier molecular flexibility index (Phi) is 4.83. The topological polar surface area (TPSA) is 55.1 Å². The van der Waals surface area contributed by atoms with Gasteiger partial charge in [0.2, 0.25) is 0 Å². The smallest absolute Gasteiger partial charge is 0.255 e. The van der Waals surface area contributed by atoms with E-state index in [4.69, 9.17) is 41.2 Å². The minimum absolute atomic E-state index is 0.184. The molecule has 0 spiro atoms.